The molecule has 4 atom stereocenters. The molecular weight excluding hydrogens is 224 g/mol. The van der Waals surface area contributed by atoms with E-state index < -0.39 is 0 Å². The van der Waals surface area contributed by atoms with Crippen molar-refractivity contribution in [3.63, 3.8) is 0 Å². The van der Waals surface area contributed by atoms with Crippen molar-refractivity contribution in [1.29, 1.82) is 0 Å². The molecule has 1 amide bonds. The summed E-state index contributed by atoms with van der Waals surface area (Å²) in [7, 11) is 0. The van der Waals surface area contributed by atoms with Crippen LogP contribution in [-0.2, 0) is 4.79 Å². The van der Waals surface area contributed by atoms with Gasteiger partial charge in [-0.25, -0.2) is 0 Å². The molecule has 0 spiro atoms. The van der Waals surface area contributed by atoms with E-state index >= 15 is 0 Å². The molecule has 0 aromatic heterocycles. The van der Waals surface area contributed by atoms with Crippen LogP contribution in [0.15, 0.2) is 0 Å². The second-order valence-corrected chi connectivity index (χ2v) is 6.45. The number of hydrogen-bond donors (Lipinski definition) is 1. The molecule has 1 aliphatic heterocycles. The Morgan fingerprint density at radius 1 is 1.11 bits per heavy atom. The third-order valence-corrected chi connectivity index (χ3v) is 4.37. The molecule has 0 radical (unpaired) electrons. The van der Waals surface area contributed by atoms with Gasteiger partial charge in [0.25, 0.3) is 0 Å². The zero-order chi connectivity index (χ0) is 14.0. The molecule has 3 nitrogen and oxygen atoms in total. The van der Waals surface area contributed by atoms with Crippen LogP contribution in [0.3, 0.4) is 0 Å². The lowest BCUT2D eigenvalue weighted by molar-refractivity contribution is -0.134. The summed E-state index contributed by atoms with van der Waals surface area (Å²) >= 11 is 0. The Kier molecular flexibility index (Phi) is 5.20. The fraction of sp³-hybridized carbons (Fsp3) is 0.933. The first-order valence-electron chi connectivity index (χ1n) is 7.39. The number of carbonyl (C=O) groups is 1. The first kappa shape index (κ1) is 15.5. The summed E-state index contributed by atoms with van der Waals surface area (Å²) < 4.78 is 0. The Balaban J connectivity index is 2.94. The maximum atomic E-state index is 12.6. The lowest BCUT2D eigenvalue weighted by atomic mass is 9.97. The normalized spacial score (nSPS) is 28.3. The zero-order valence-corrected chi connectivity index (χ0v) is 13.0. The molecule has 3 heteroatoms. The van der Waals surface area contributed by atoms with Gasteiger partial charge in [-0.1, -0.05) is 48.0 Å². The lowest BCUT2D eigenvalue weighted by Gasteiger charge is -2.35. The van der Waals surface area contributed by atoms with Gasteiger partial charge in [0.05, 0.1) is 12.2 Å². The van der Waals surface area contributed by atoms with Crippen LogP contribution in [0.2, 0.25) is 0 Å². The molecule has 0 saturated carbocycles. The van der Waals surface area contributed by atoms with E-state index in [-0.39, 0.29) is 18.1 Å². The van der Waals surface area contributed by atoms with E-state index in [9.17, 15) is 4.79 Å². The lowest BCUT2D eigenvalue weighted by Crippen LogP contribution is -2.48. The van der Waals surface area contributed by atoms with Crippen molar-refractivity contribution in [3.8, 4) is 0 Å². The van der Waals surface area contributed by atoms with E-state index in [4.69, 9.17) is 0 Å². The fourth-order valence-corrected chi connectivity index (χ4v) is 2.69. The topological polar surface area (TPSA) is 32.3 Å². The molecule has 1 rings (SSSR count). The number of amides is 1. The van der Waals surface area contributed by atoms with Crippen molar-refractivity contribution in [2.45, 2.75) is 73.1 Å². The number of hydrogen-bond acceptors (Lipinski definition) is 2. The van der Waals surface area contributed by atoms with E-state index in [2.05, 4.69) is 58.7 Å². The second-order valence-electron chi connectivity index (χ2n) is 6.45. The predicted molar refractivity (Wildman–Crippen MR) is 76.2 cm³/mol. The summed E-state index contributed by atoms with van der Waals surface area (Å²) in [5.74, 6) is 1.64. The van der Waals surface area contributed by atoms with Gasteiger partial charge in [0, 0.05) is 6.04 Å². The summed E-state index contributed by atoms with van der Waals surface area (Å²) in [5, 5.41) is 3.53. The highest BCUT2D eigenvalue weighted by molar-refractivity contribution is 5.85. The first-order chi connectivity index (χ1) is 8.31. The van der Waals surface area contributed by atoms with Gasteiger partial charge in [0.15, 0.2) is 0 Å². The van der Waals surface area contributed by atoms with Gasteiger partial charge < -0.3 is 4.90 Å². The summed E-state index contributed by atoms with van der Waals surface area (Å²) in [6.07, 6.45) is 1.30. The number of carbonyl (C=O) groups excluding carboxylic acids is 1. The minimum absolute atomic E-state index is 0.0103. The van der Waals surface area contributed by atoms with Crippen molar-refractivity contribution in [2.75, 3.05) is 0 Å². The standard InChI is InChI=1S/C15H30N2O/c1-8-11(6)12(7)17-14(10(4)5)16-13(9(2)3)15(17)18/h9-14,16H,8H2,1-7H3. The van der Waals surface area contributed by atoms with Gasteiger partial charge in [-0.2, -0.15) is 0 Å². The largest absolute Gasteiger partial charge is 0.323 e. The van der Waals surface area contributed by atoms with Crippen molar-refractivity contribution in [2.24, 2.45) is 17.8 Å². The summed E-state index contributed by atoms with van der Waals surface area (Å²) in [4.78, 5) is 14.7. The summed E-state index contributed by atoms with van der Waals surface area (Å²) in [6.45, 7) is 15.2. The SMILES string of the molecule is CCC(C)C(C)N1C(=O)C(C(C)C)NC1C(C)C. The van der Waals surface area contributed by atoms with Crippen molar-refractivity contribution < 1.29 is 4.79 Å². The van der Waals surface area contributed by atoms with Gasteiger partial charge in [-0.3, -0.25) is 10.1 Å². The highest BCUT2D eigenvalue weighted by atomic mass is 16.2. The Morgan fingerprint density at radius 2 is 1.67 bits per heavy atom. The number of rotatable bonds is 5. The van der Waals surface area contributed by atoms with Gasteiger partial charge in [0.2, 0.25) is 5.91 Å². The minimum atomic E-state index is -0.0103. The highest BCUT2D eigenvalue weighted by Gasteiger charge is 2.44. The Labute approximate surface area is 112 Å². The zero-order valence-electron chi connectivity index (χ0n) is 13.0. The molecule has 0 aromatic rings. The molecule has 1 saturated heterocycles. The fourth-order valence-electron chi connectivity index (χ4n) is 2.69. The van der Waals surface area contributed by atoms with Crippen LogP contribution in [0, 0.1) is 17.8 Å². The molecule has 1 N–H and O–H groups in total. The van der Waals surface area contributed by atoms with Crippen molar-refractivity contribution in [3.05, 3.63) is 0 Å². The van der Waals surface area contributed by atoms with Crippen molar-refractivity contribution >= 4 is 5.91 Å². The Bertz CT molecular complexity index is 288. The molecule has 18 heavy (non-hydrogen) atoms. The Hall–Kier alpha value is -0.570. The van der Waals surface area contributed by atoms with Crippen molar-refractivity contribution in [1.82, 2.24) is 10.2 Å². The smallest absolute Gasteiger partial charge is 0.241 e. The Morgan fingerprint density at radius 3 is 2.06 bits per heavy atom. The molecule has 0 bridgehead atoms. The van der Waals surface area contributed by atoms with Gasteiger partial charge in [-0.15, -0.1) is 0 Å². The second kappa shape index (κ2) is 6.05. The average Bonchev–Trinajstić information content (AvgIpc) is 2.65. The molecule has 0 aliphatic carbocycles. The predicted octanol–water partition coefficient (Wildman–Crippen LogP) is 2.86. The third-order valence-electron chi connectivity index (χ3n) is 4.37. The number of nitrogens with zero attached hydrogens (tertiary/aromatic N) is 1. The highest BCUT2D eigenvalue weighted by Crippen LogP contribution is 2.27. The van der Waals surface area contributed by atoms with Crippen LogP contribution in [0.5, 0.6) is 0 Å². The molecular formula is C15H30N2O. The molecule has 106 valence electrons. The minimum Gasteiger partial charge on any atom is -0.323 e. The molecule has 0 aromatic carbocycles. The van der Waals surface area contributed by atoms with Crippen LogP contribution >= 0.6 is 0 Å². The molecule has 1 aliphatic rings. The maximum absolute atomic E-state index is 12.6. The molecule has 1 heterocycles. The molecule has 4 unspecified atom stereocenters. The quantitative estimate of drug-likeness (QED) is 0.818. The van der Waals surface area contributed by atoms with E-state index in [0.29, 0.717) is 23.8 Å². The monoisotopic (exact) mass is 254 g/mol. The van der Waals surface area contributed by atoms with Gasteiger partial charge in [0.1, 0.15) is 0 Å². The third kappa shape index (κ3) is 2.87. The summed E-state index contributed by atoms with van der Waals surface area (Å²) in [6, 6.07) is 0.301. The van der Waals surface area contributed by atoms with E-state index in [0.717, 1.165) is 6.42 Å². The van der Waals surface area contributed by atoms with E-state index in [1.165, 1.54) is 0 Å². The van der Waals surface area contributed by atoms with Gasteiger partial charge >= 0.3 is 0 Å². The van der Waals surface area contributed by atoms with E-state index in [1.807, 2.05) is 0 Å². The van der Waals surface area contributed by atoms with E-state index in [1.54, 1.807) is 0 Å². The molecule has 1 fully saturated rings. The summed E-state index contributed by atoms with van der Waals surface area (Å²) in [5.41, 5.74) is 0. The van der Waals surface area contributed by atoms with Crippen LogP contribution in [-0.4, -0.2) is 29.1 Å². The first-order valence-corrected chi connectivity index (χ1v) is 7.39. The van der Waals surface area contributed by atoms with Crippen LogP contribution < -0.4 is 5.32 Å². The van der Waals surface area contributed by atoms with Crippen LogP contribution in [0.4, 0.5) is 0 Å². The van der Waals surface area contributed by atoms with Crippen LogP contribution in [0.25, 0.3) is 0 Å². The maximum Gasteiger partial charge on any atom is 0.241 e. The van der Waals surface area contributed by atoms with Crippen LogP contribution in [0.1, 0.15) is 54.9 Å². The van der Waals surface area contributed by atoms with Gasteiger partial charge in [-0.05, 0) is 24.7 Å². The number of nitrogens with one attached hydrogen (secondary N) is 1. The average molecular weight is 254 g/mol.